The molecule has 0 aromatic carbocycles. The number of halogens is 1. The molecule has 0 bridgehead atoms. The molecule has 1 saturated carbocycles. The van der Waals surface area contributed by atoms with E-state index < -0.39 is 5.91 Å². The summed E-state index contributed by atoms with van der Waals surface area (Å²) in [6.45, 7) is 1.93. The SMILES string of the molecule is Cc1cncc(Nc2nc(NC3CCCC[C@@H]3N)c(Cl)cc2C(N)=O)c1. The molecule has 1 aliphatic carbocycles. The highest BCUT2D eigenvalue weighted by atomic mass is 35.5. The van der Waals surface area contributed by atoms with Crippen molar-refractivity contribution in [2.45, 2.75) is 44.7 Å². The summed E-state index contributed by atoms with van der Waals surface area (Å²) in [5.41, 5.74) is 13.6. The van der Waals surface area contributed by atoms with Crippen LogP contribution in [0.2, 0.25) is 5.02 Å². The lowest BCUT2D eigenvalue weighted by Crippen LogP contribution is -2.42. The number of nitrogens with one attached hydrogen (secondary N) is 2. The predicted molar refractivity (Wildman–Crippen MR) is 104 cm³/mol. The molecule has 1 aliphatic rings. The zero-order chi connectivity index (χ0) is 18.7. The molecular formula is C18H23ClN6O. The number of nitrogens with zero attached hydrogens (tertiary/aromatic N) is 2. The third-order valence-corrected chi connectivity index (χ3v) is 4.81. The lowest BCUT2D eigenvalue weighted by Gasteiger charge is -2.30. The smallest absolute Gasteiger partial charge is 0.252 e. The molecule has 2 aromatic heterocycles. The zero-order valence-electron chi connectivity index (χ0n) is 14.6. The largest absolute Gasteiger partial charge is 0.365 e. The van der Waals surface area contributed by atoms with Gasteiger partial charge in [-0.15, -0.1) is 0 Å². The van der Waals surface area contributed by atoms with E-state index in [1.165, 1.54) is 6.07 Å². The van der Waals surface area contributed by atoms with Gasteiger partial charge in [-0.3, -0.25) is 9.78 Å². The molecule has 1 fully saturated rings. The van der Waals surface area contributed by atoms with E-state index in [9.17, 15) is 4.79 Å². The van der Waals surface area contributed by atoms with Crippen molar-refractivity contribution in [3.8, 4) is 0 Å². The van der Waals surface area contributed by atoms with Gasteiger partial charge < -0.3 is 22.1 Å². The zero-order valence-corrected chi connectivity index (χ0v) is 15.4. The Kier molecular flexibility index (Phi) is 5.58. The average molecular weight is 375 g/mol. The van der Waals surface area contributed by atoms with Crippen molar-refractivity contribution >= 4 is 34.8 Å². The lowest BCUT2D eigenvalue weighted by atomic mass is 9.91. The van der Waals surface area contributed by atoms with Crippen LogP contribution in [0, 0.1) is 6.92 Å². The highest BCUT2D eigenvalue weighted by Crippen LogP contribution is 2.30. The highest BCUT2D eigenvalue weighted by molar-refractivity contribution is 6.33. The number of hydrogen-bond acceptors (Lipinski definition) is 6. The van der Waals surface area contributed by atoms with Crippen LogP contribution in [-0.4, -0.2) is 28.0 Å². The van der Waals surface area contributed by atoms with E-state index in [2.05, 4.69) is 20.6 Å². The molecule has 3 rings (SSSR count). The number of nitrogens with two attached hydrogens (primary N) is 2. The van der Waals surface area contributed by atoms with Crippen LogP contribution in [0.15, 0.2) is 24.5 Å². The fourth-order valence-electron chi connectivity index (χ4n) is 3.15. The quantitative estimate of drug-likeness (QED) is 0.638. The van der Waals surface area contributed by atoms with Crippen LogP contribution in [0.1, 0.15) is 41.6 Å². The molecule has 1 amide bonds. The maximum atomic E-state index is 11.8. The van der Waals surface area contributed by atoms with Crippen LogP contribution in [0.25, 0.3) is 0 Å². The molecule has 0 spiro atoms. The van der Waals surface area contributed by atoms with Gasteiger partial charge in [0.2, 0.25) is 0 Å². The Balaban J connectivity index is 1.92. The minimum absolute atomic E-state index is 0.0508. The van der Waals surface area contributed by atoms with Crippen molar-refractivity contribution < 1.29 is 4.79 Å². The summed E-state index contributed by atoms with van der Waals surface area (Å²) in [4.78, 5) is 20.5. The predicted octanol–water partition coefficient (Wildman–Crippen LogP) is 2.96. The molecule has 26 heavy (non-hydrogen) atoms. The summed E-state index contributed by atoms with van der Waals surface area (Å²) in [5.74, 6) is 0.215. The van der Waals surface area contributed by atoms with Gasteiger partial charge in [0.1, 0.15) is 11.6 Å². The Morgan fingerprint density at radius 2 is 2.00 bits per heavy atom. The van der Waals surface area contributed by atoms with Crippen LogP contribution in [0.5, 0.6) is 0 Å². The van der Waals surface area contributed by atoms with Gasteiger partial charge in [-0.05, 0) is 37.5 Å². The van der Waals surface area contributed by atoms with Gasteiger partial charge in [-0.1, -0.05) is 24.4 Å². The summed E-state index contributed by atoms with van der Waals surface area (Å²) >= 11 is 6.33. The van der Waals surface area contributed by atoms with E-state index in [-0.39, 0.29) is 17.6 Å². The molecule has 1 unspecified atom stereocenters. The molecule has 138 valence electrons. The second-order valence-corrected chi connectivity index (χ2v) is 7.06. The molecule has 2 aromatic rings. The molecular weight excluding hydrogens is 352 g/mol. The number of primary amides is 1. The second-order valence-electron chi connectivity index (χ2n) is 6.65. The molecule has 0 aliphatic heterocycles. The number of aryl methyl sites for hydroxylation is 1. The van der Waals surface area contributed by atoms with Crippen LogP contribution in [0.3, 0.4) is 0 Å². The van der Waals surface area contributed by atoms with Crippen LogP contribution >= 0.6 is 11.6 Å². The minimum Gasteiger partial charge on any atom is -0.365 e. The van der Waals surface area contributed by atoms with Gasteiger partial charge in [-0.25, -0.2) is 4.98 Å². The average Bonchev–Trinajstić information content (AvgIpc) is 2.59. The van der Waals surface area contributed by atoms with Gasteiger partial charge in [0.15, 0.2) is 0 Å². The van der Waals surface area contributed by atoms with Gasteiger partial charge in [0, 0.05) is 18.3 Å². The van der Waals surface area contributed by atoms with Crippen LogP contribution < -0.4 is 22.1 Å². The number of carbonyl (C=O) groups excluding carboxylic acids is 1. The number of pyridine rings is 2. The topological polar surface area (TPSA) is 119 Å². The number of hydrogen-bond donors (Lipinski definition) is 4. The number of aromatic nitrogens is 2. The molecule has 6 N–H and O–H groups in total. The molecule has 7 nitrogen and oxygen atoms in total. The van der Waals surface area contributed by atoms with Gasteiger partial charge in [-0.2, -0.15) is 0 Å². The van der Waals surface area contributed by atoms with Crippen LogP contribution in [0.4, 0.5) is 17.3 Å². The summed E-state index contributed by atoms with van der Waals surface area (Å²) < 4.78 is 0. The third kappa shape index (κ3) is 4.23. The van der Waals surface area contributed by atoms with Crippen molar-refractivity contribution in [3.05, 3.63) is 40.7 Å². The third-order valence-electron chi connectivity index (χ3n) is 4.52. The number of amides is 1. The Bertz CT molecular complexity index is 812. The highest BCUT2D eigenvalue weighted by Gasteiger charge is 2.24. The second kappa shape index (κ2) is 7.88. The Labute approximate surface area is 157 Å². The normalized spacial score (nSPS) is 19.8. The fourth-order valence-corrected chi connectivity index (χ4v) is 3.35. The Morgan fingerprint density at radius 1 is 1.23 bits per heavy atom. The van der Waals surface area contributed by atoms with Crippen molar-refractivity contribution in [2.24, 2.45) is 11.5 Å². The number of carbonyl (C=O) groups is 1. The van der Waals surface area contributed by atoms with Gasteiger partial charge in [0.25, 0.3) is 5.91 Å². The van der Waals surface area contributed by atoms with Crippen molar-refractivity contribution in [3.63, 3.8) is 0 Å². The first-order chi connectivity index (χ1) is 12.4. The van der Waals surface area contributed by atoms with E-state index >= 15 is 0 Å². The molecule has 2 atom stereocenters. The minimum atomic E-state index is -0.608. The molecule has 0 radical (unpaired) electrons. The van der Waals surface area contributed by atoms with E-state index in [1.807, 2.05) is 13.0 Å². The van der Waals surface area contributed by atoms with Gasteiger partial charge >= 0.3 is 0 Å². The summed E-state index contributed by atoms with van der Waals surface area (Å²) in [6.07, 6.45) is 7.57. The molecule has 2 heterocycles. The van der Waals surface area contributed by atoms with Crippen molar-refractivity contribution in [1.29, 1.82) is 0 Å². The van der Waals surface area contributed by atoms with E-state index in [0.29, 0.717) is 22.3 Å². The summed E-state index contributed by atoms with van der Waals surface area (Å²) in [7, 11) is 0. The van der Waals surface area contributed by atoms with E-state index in [1.54, 1.807) is 12.4 Å². The fraction of sp³-hybridized carbons (Fsp3) is 0.389. The first-order valence-electron chi connectivity index (χ1n) is 8.65. The Morgan fingerprint density at radius 3 is 2.69 bits per heavy atom. The summed E-state index contributed by atoms with van der Waals surface area (Å²) in [5, 5.41) is 6.77. The van der Waals surface area contributed by atoms with Gasteiger partial charge in [0.05, 0.1) is 22.5 Å². The molecule has 8 heteroatoms. The molecule has 0 saturated heterocycles. The standard InChI is InChI=1S/C18H23ClN6O/c1-10-6-11(9-22-8-10)23-17-12(16(21)26)7-13(19)18(25-17)24-15-5-3-2-4-14(15)20/h6-9,14-15H,2-5,20H2,1H3,(H2,21,26)(H2,23,24,25)/t14-,15?/m0/s1. The van der Waals surface area contributed by atoms with E-state index in [4.69, 9.17) is 23.1 Å². The number of rotatable bonds is 5. The summed E-state index contributed by atoms with van der Waals surface area (Å²) in [6, 6.07) is 3.58. The van der Waals surface area contributed by atoms with Crippen molar-refractivity contribution in [1.82, 2.24) is 9.97 Å². The van der Waals surface area contributed by atoms with Crippen molar-refractivity contribution in [2.75, 3.05) is 10.6 Å². The first-order valence-corrected chi connectivity index (χ1v) is 9.03. The monoisotopic (exact) mass is 374 g/mol. The first kappa shape index (κ1) is 18.4. The van der Waals surface area contributed by atoms with Crippen LogP contribution in [-0.2, 0) is 0 Å². The maximum absolute atomic E-state index is 11.8. The number of anilines is 3. The van der Waals surface area contributed by atoms with E-state index in [0.717, 1.165) is 31.2 Å². The lowest BCUT2D eigenvalue weighted by molar-refractivity contribution is 0.100. The Hall–Kier alpha value is -2.38. The maximum Gasteiger partial charge on any atom is 0.252 e.